The fourth-order valence-corrected chi connectivity index (χ4v) is 1.13. The van der Waals surface area contributed by atoms with Gasteiger partial charge in [-0.1, -0.05) is 0 Å². The van der Waals surface area contributed by atoms with Gasteiger partial charge < -0.3 is 16.4 Å². The number of nitrogens with one attached hydrogen (secondary N) is 2. The van der Waals surface area contributed by atoms with Crippen LogP contribution in [-0.4, -0.2) is 24.4 Å². The van der Waals surface area contributed by atoms with E-state index in [1.807, 2.05) is 0 Å². The van der Waals surface area contributed by atoms with Crippen molar-refractivity contribution >= 4 is 11.8 Å². The van der Waals surface area contributed by atoms with Crippen LogP contribution in [0.1, 0.15) is 26.2 Å². The van der Waals surface area contributed by atoms with Crippen LogP contribution < -0.4 is 16.4 Å². The van der Waals surface area contributed by atoms with Crippen LogP contribution in [0.3, 0.4) is 0 Å². The molecule has 0 aromatic heterocycles. The van der Waals surface area contributed by atoms with Crippen LogP contribution in [-0.2, 0) is 9.59 Å². The van der Waals surface area contributed by atoms with Crippen molar-refractivity contribution in [1.29, 1.82) is 0 Å². The maximum absolute atomic E-state index is 11.2. The summed E-state index contributed by atoms with van der Waals surface area (Å²) >= 11 is 0. The minimum absolute atomic E-state index is 0.216. The number of carbonyl (C=O) groups excluding carboxylic acids is 2. The topological polar surface area (TPSA) is 84.2 Å². The van der Waals surface area contributed by atoms with Gasteiger partial charge in [-0.3, -0.25) is 9.59 Å². The van der Waals surface area contributed by atoms with Crippen molar-refractivity contribution in [2.75, 3.05) is 6.54 Å². The highest BCUT2D eigenvalue weighted by molar-refractivity contribution is 5.86. The number of hydrogen-bond acceptors (Lipinski definition) is 3. The first-order chi connectivity index (χ1) is 6.61. The lowest BCUT2D eigenvalue weighted by molar-refractivity contribution is -0.127. The molecule has 81 valence electrons. The van der Waals surface area contributed by atoms with Gasteiger partial charge in [-0.05, 0) is 25.8 Å². The zero-order chi connectivity index (χ0) is 11.0. The molecule has 0 rings (SSSR count). The summed E-state index contributed by atoms with van der Waals surface area (Å²) in [6.45, 7) is 1.98. The maximum Gasteiger partial charge on any atom is 0.242 e. The van der Waals surface area contributed by atoms with Crippen molar-refractivity contribution in [2.24, 2.45) is 5.73 Å². The number of unbranched alkanes of at least 4 members (excludes halogenated alkanes) is 1. The molecule has 0 aromatic carbocycles. The largest absolute Gasteiger partial charge is 0.353 e. The Bertz CT molecular complexity index is 194. The Morgan fingerprint density at radius 2 is 2.07 bits per heavy atom. The van der Waals surface area contributed by atoms with Gasteiger partial charge in [0.05, 0.1) is 0 Å². The van der Waals surface area contributed by atoms with Gasteiger partial charge in [-0.25, -0.2) is 0 Å². The molecule has 0 aliphatic heterocycles. The Hall–Kier alpha value is -1.10. The van der Waals surface area contributed by atoms with Crippen LogP contribution in [0.5, 0.6) is 0 Å². The number of hydrogen-bond donors (Lipinski definition) is 3. The minimum atomic E-state index is -0.489. The first kappa shape index (κ1) is 12.9. The third-order valence-corrected chi connectivity index (χ3v) is 1.82. The molecule has 0 fully saturated rings. The molecule has 0 bridgehead atoms. The molecule has 0 aromatic rings. The number of amides is 2. The van der Waals surface area contributed by atoms with Crippen molar-refractivity contribution in [3.63, 3.8) is 0 Å². The second-order valence-electron chi connectivity index (χ2n) is 3.08. The van der Waals surface area contributed by atoms with Crippen LogP contribution >= 0.6 is 0 Å². The van der Waals surface area contributed by atoms with Crippen LogP contribution in [0, 0.1) is 7.05 Å². The van der Waals surface area contributed by atoms with Gasteiger partial charge in [-0.15, -0.1) is 0 Å². The number of rotatable bonds is 6. The Labute approximate surface area is 84.4 Å². The first-order valence-electron chi connectivity index (χ1n) is 4.66. The predicted molar refractivity (Wildman–Crippen MR) is 54.0 cm³/mol. The Kier molecular flexibility index (Phi) is 6.74. The molecule has 1 radical (unpaired) electrons. The number of nitrogens with two attached hydrogens (primary N) is 1. The number of carbonyl (C=O) groups is 2. The summed E-state index contributed by atoms with van der Waals surface area (Å²) < 4.78 is 0. The fraction of sp³-hybridized carbons (Fsp3) is 0.667. The zero-order valence-electron chi connectivity index (χ0n) is 8.51. The maximum atomic E-state index is 11.2. The minimum Gasteiger partial charge on any atom is -0.353 e. The summed E-state index contributed by atoms with van der Waals surface area (Å²) in [7, 11) is 3.27. The van der Waals surface area contributed by atoms with Gasteiger partial charge >= 0.3 is 0 Å². The zero-order valence-corrected chi connectivity index (χ0v) is 8.51. The highest BCUT2D eigenvalue weighted by Crippen LogP contribution is 2.00. The summed E-state index contributed by atoms with van der Waals surface area (Å²) in [5.41, 5.74) is 5.32. The highest BCUT2D eigenvalue weighted by atomic mass is 16.2. The van der Waals surface area contributed by atoms with Crippen molar-refractivity contribution in [2.45, 2.75) is 32.2 Å². The van der Waals surface area contributed by atoms with E-state index in [0.717, 1.165) is 12.8 Å². The molecule has 0 aliphatic rings. The molecule has 0 heterocycles. The Balaban J connectivity index is 3.97. The van der Waals surface area contributed by atoms with E-state index in [9.17, 15) is 9.59 Å². The highest BCUT2D eigenvalue weighted by Gasteiger charge is 2.16. The summed E-state index contributed by atoms with van der Waals surface area (Å²) in [6, 6.07) is -0.489. The molecule has 0 spiro atoms. The van der Waals surface area contributed by atoms with E-state index in [1.165, 1.54) is 6.92 Å². The fourth-order valence-electron chi connectivity index (χ4n) is 1.13. The molecule has 0 saturated carbocycles. The van der Waals surface area contributed by atoms with Crippen LogP contribution in [0.25, 0.3) is 0 Å². The van der Waals surface area contributed by atoms with Gasteiger partial charge in [0.1, 0.15) is 6.04 Å². The standard InChI is InChI=1S/C9H18N3O2/c1-7(13)12-8(9(14)11-2)5-3-4-6-10/h8H,2-6,10H2,1H3,(H,11,14)(H,12,13)/t8-/m0/s1. The predicted octanol–water partition coefficient (Wildman–Crippen LogP) is -0.472. The normalized spacial score (nSPS) is 11.9. The second-order valence-corrected chi connectivity index (χ2v) is 3.08. The summed E-state index contributed by atoms with van der Waals surface area (Å²) in [5, 5.41) is 4.82. The SMILES string of the molecule is [CH2]NC(=O)[C@H](CCCCN)NC(C)=O. The molecule has 0 saturated heterocycles. The Morgan fingerprint density at radius 3 is 2.50 bits per heavy atom. The van der Waals surface area contributed by atoms with Gasteiger partial charge in [0.2, 0.25) is 11.8 Å². The molecule has 0 aliphatic carbocycles. The van der Waals surface area contributed by atoms with Crippen LogP contribution in [0.15, 0.2) is 0 Å². The third kappa shape index (κ3) is 5.53. The average Bonchev–Trinajstić information content (AvgIpc) is 2.15. The molecular weight excluding hydrogens is 182 g/mol. The lowest BCUT2D eigenvalue weighted by Gasteiger charge is -2.15. The van der Waals surface area contributed by atoms with Crippen molar-refractivity contribution in [3.05, 3.63) is 7.05 Å². The molecule has 5 heteroatoms. The van der Waals surface area contributed by atoms with E-state index >= 15 is 0 Å². The quantitative estimate of drug-likeness (QED) is 0.507. The van der Waals surface area contributed by atoms with Crippen molar-refractivity contribution in [1.82, 2.24) is 10.6 Å². The summed E-state index contributed by atoms with van der Waals surface area (Å²) in [5.74, 6) is -0.483. The van der Waals surface area contributed by atoms with E-state index in [1.54, 1.807) is 0 Å². The van der Waals surface area contributed by atoms with Crippen molar-refractivity contribution in [3.8, 4) is 0 Å². The second kappa shape index (κ2) is 7.32. The average molecular weight is 200 g/mol. The van der Waals surface area contributed by atoms with Crippen molar-refractivity contribution < 1.29 is 9.59 Å². The molecule has 4 N–H and O–H groups in total. The summed E-state index contributed by atoms with van der Waals surface area (Å²) in [6.07, 6.45) is 2.26. The molecule has 1 atom stereocenters. The lowest BCUT2D eigenvalue weighted by Crippen LogP contribution is -2.44. The first-order valence-corrected chi connectivity index (χ1v) is 4.66. The lowest BCUT2D eigenvalue weighted by atomic mass is 10.1. The molecule has 5 nitrogen and oxygen atoms in total. The molecular formula is C9H18N3O2. The van der Waals surface area contributed by atoms with Gasteiger partial charge in [0.25, 0.3) is 0 Å². The van der Waals surface area contributed by atoms with Gasteiger partial charge in [-0.2, -0.15) is 0 Å². The van der Waals surface area contributed by atoms with Crippen LogP contribution in [0.2, 0.25) is 0 Å². The van der Waals surface area contributed by atoms with E-state index in [0.29, 0.717) is 13.0 Å². The van der Waals surface area contributed by atoms with E-state index in [4.69, 9.17) is 5.73 Å². The van der Waals surface area contributed by atoms with Crippen LogP contribution in [0.4, 0.5) is 0 Å². The molecule has 2 amide bonds. The van der Waals surface area contributed by atoms with Gasteiger partial charge in [0.15, 0.2) is 0 Å². The monoisotopic (exact) mass is 200 g/mol. The van der Waals surface area contributed by atoms with E-state index in [2.05, 4.69) is 17.7 Å². The Morgan fingerprint density at radius 1 is 1.43 bits per heavy atom. The third-order valence-electron chi connectivity index (χ3n) is 1.82. The molecule has 14 heavy (non-hydrogen) atoms. The smallest absolute Gasteiger partial charge is 0.242 e. The summed E-state index contributed by atoms with van der Waals surface area (Å²) in [4.78, 5) is 22.0. The molecule has 0 unspecified atom stereocenters. The van der Waals surface area contributed by atoms with Gasteiger partial charge in [0, 0.05) is 14.0 Å². The van der Waals surface area contributed by atoms with E-state index in [-0.39, 0.29) is 11.8 Å². The van der Waals surface area contributed by atoms with E-state index < -0.39 is 6.04 Å².